The molecule has 28 heavy (non-hydrogen) atoms. The Bertz CT molecular complexity index is 995. The van der Waals surface area contributed by atoms with E-state index in [-0.39, 0.29) is 5.56 Å². The van der Waals surface area contributed by atoms with Crippen molar-refractivity contribution in [2.45, 2.75) is 6.92 Å². The number of carboxylic acid groups (broad SMARTS) is 1. The molecule has 4 N–H and O–H groups in total. The summed E-state index contributed by atoms with van der Waals surface area (Å²) in [6.45, 7) is 1.85. The van der Waals surface area contributed by atoms with E-state index in [0.717, 1.165) is 5.56 Å². The predicted octanol–water partition coefficient (Wildman–Crippen LogP) is 4.92. The maximum atomic E-state index is 11.1. The van der Waals surface area contributed by atoms with Gasteiger partial charge in [0.25, 0.3) is 0 Å². The van der Waals surface area contributed by atoms with Crippen molar-refractivity contribution in [2.75, 3.05) is 5.32 Å². The molecule has 0 spiro atoms. The number of nitrogens with zero attached hydrogens (tertiary/aromatic N) is 1. The molecule has 2 aromatic carbocycles. The highest BCUT2D eigenvalue weighted by molar-refractivity contribution is 6.39. The molecule has 0 aliphatic heterocycles. The summed E-state index contributed by atoms with van der Waals surface area (Å²) >= 11 is 12.3. The van der Waals surface area contributed by atoms with E-state index in [4.69, 9.17) is 34.0 Å². The van der Waals surface area contributed by atoms with Crippen LogP contribution in [0.1, 0.15) is 26.3 Å². The number of hydrogen-bond acceptors (Lipinski definition) is 4. The molecule has 0 fully saturated rings. The molecule has 0 aliphatic carbocycles. The molecule has 0 saturated heterocycles. The number of carboxylic acids is 1. The monoisotopic (exact) mass is 417 g/mol. The standard InChI is InChI=1S/C14H11Cl2NO2.C6H6N2O/c1-8-6-7-10(15)13(12(8)16)17-11-5-3-2-4-9(11)14(18)19;7-6(9)5-1-3-8-4-2-5/h2-7,17H,1H3,(H,18,19);1-4H,(H2,7,9). The number of aromatic nitrogens is 1. The zero-order chi connectivity index (χ0) is 20.7. The van der Waals surface area contributed by atoms with Gasteiger partial charge in [0.05, 0.1) is 27.0 Å². The second-order valence-corrected chi connectivity index (χ2v) is 6.41. The molecular formula is C20H17Cl2N3O3. The van der Waals surface area contributed by atoms with Crippen LogP contribution < -0.4 is 11.1 Å². The summed E-state index contributed by atoms with van der Waals surface area (Å²) in [5, 5.41) is 13.0. The van der Waals surface area contributed by atoms with Crippen LogP contribution in [0.4, 0.5) is 11.4 Å². The van der Waals surface area contributed by atoms with Gasteiger partial charge in [0.15, 0.2) is 0 Å². The first-order valence-corrected chi connectivity index (χ1v) is 8.80. The van der Waals surface area contributed by atoms with Crippen molar-refractivity contribution in [2.24, 2.45) is 5.73 Å². The first-order valence-electron chi connectivity index (χ1n) is 8.05. The van der Waals surface area contributed by atoms with Crippen LogP contribution in [0.15, 0.2) is 60.9 Å². The summed E-state index contributed by atoms with van der Waals surface area (Å²) in [6, 6.07) is 13.2. The summed E-state index contributed by atoms with van der Waals surface area (Å²) < 4.78 is 0. The van der Waals surface area contributed by atoms with Crippen molar-refractivity contribution in [1.29, 1.82) is 0 Å². The van der Waals surface area contributed by atoms with Crippen LogP contribution in [-0.2, 0) is 0 Å². The molecule has 144 valence electrons. The lowest BCUT2D eigenvalue weighted by Gasteiger charge is -2.13. The number of primary amides is 1. The Kier molecular flexibility index (Phi) is 7.37. The third-order valence-corrected chi connectivity index (χ3v) is 4.47. The molecule has 0 aliphatic rings. The van der Waals surface area contributed by atoms with E-state index in [2.05, 4.69) is 10.3 Å². The molecular weight excluding hydrogens is 401 g/mol. The molecule has 0 saturated carbocycles. The van der Waals surface area contributed by atoms with Gasteiger partial charge in [0.1, 0.15) is 0 Å². The van der Waals surface area contributed by atoms with Crippen molar-refractivity contribution >= 4 is 46.5 Å². The van der Waals surface area contributed by atoms with Crippen LogP contribution >= 0.6 is 23.2 Å². The molecule has 0 radical (unpaired) electrons. The summed E-state index contributed by atoms with van der Waals surface area (Å²) in [5.41, 5.74) is 7.42. The van der Waals surface area contributed by atoms with Gasteiger partial charge in [-0.3, -0.25) is 9.78 Å². The molecule has 0 unspecified atom stereocenters. The Balaban J connectivity index is 0.000000261. The number of amides is 1. The topological polar surface area (TPSA) is 105 Å². The first-order chi connectivity index (χ1) is 13.3. The van der Waals surface area contributed by atoms with Gasteiger partial charge in [-0.15, -0.1) is 0 Å². The number of halogens is 2. The van der Waals surface area contributed by atoms with Crippen LogP contribution in [0.2, 0.25) is 10.0 Å². The molecule has 1 aromatic heterocycles. The number of nitrogens with one attached hydrogen (secondary N) is 1. The van der Waals surface area contributed by atoms with Gasteiger partial charge in [-0.25, -0.2) is 4.79 Å². The molecule has 0 bridgehead atoms. The molecule has 1 heterocycles. The van der Waals surface area contributed by atoms with Gasteiger partial charge in [0, 0.05) is 18.0 Å². The van der Waals surface area contributed by atoms with Gasteiger partial charge >= 0.3 is 5.97 Å². The second-order valence-electron chi connectivity index (χ2n) is 5.63. The van der Waals surface area contributed by atoms with E-state index in [1.807, 2.05) is 6.92 Å². The minimum Gasteiger partial charge on any atom is -0.478 e. The first kappa shape index (κ1) is 21.2. The SMILES string of the molecule is Cc1ccc(Cl)c(Nc2ccccc2C(=O)O)c1Cl.NC(=O)c1ccncc1. The molecule has 3 rings (SSSR count). The second kappa shape index (κ2) is 9.73. The van der Waals surface area contributed by atoms with Gasteiger partial charge in [-0.05, 0) is 42.8 Å². The van der Waals surface area contributed by atoms with Crippen LogP contribution in [0.5, 0.6) is 0 Å². The highest BCUT2D eigenvalue weighted by Crippen LogP contribution is 2.35. The zero-order valence-electron chi connectivity index (χ0n) is 14.8. The predicted molar refractivity (Wildman–Crippen MR) is 111 cm³/mol. The number of carbonyl (C=O) groups excluding carboxylic acids is 1. The van der Waals surface area contributed by atoms with Crippen LogP contribution in [-0.4, -0.2) is 22.0 Å². The fourth-order valence-corrected chi connectivity index (χ4v) is 2.67. The minimum absolute atomic E-state index is 0.163. The third-order valence-electron chi connectivity index (χ3n) is 3.67. The Morgan fingerprint density at radius 3 is 2.25 bits per heavy atom. The number of benzene rings is 2. The number of aryl methyl sites for hydroxylation is 1. The largest absolute Gasteiger partial charge is 0.478 e. The summed E-state index contributed by atoms with van der Waals surface area (Å²) in [5.74, 6) is -1.43. The number of para-hydroxylation sites is 1. The minimum atomic E-state index is -1.01. The Morgan fingerprint density at radius 1 is 1.04 bits per heavy atom. The van der Waals surface area contributed by atoms with Gasteiger partial charge < -0.3 is 16.2 Å². The van der Waals surface area contributed by atoms with Crippen LogP contribution in [0.25, 0.3) is 0 Å². The van der Waals surface area contributed by atoms with Crippen molar-refractivity contribution in [1.82, 2.24) is 4.98 Å². The molecule has 3 aromatic rings. The van der Waals surface area contributed by atoms with Crippen molar-refractivity contribution in [3.8, 4) is 0 Å². The van der Waals surface area contributed by atoms with Crippen molar-refractivity contribution in [3.05, 3.63) is 87.7 Å². The lowest BCUT2D eigenvalue weighted by Crippen LogP contribution is -2.10. The number of aromatic carboxylic acids is 1. The smallest absolute Gasteiger partial charge is 0.337 e. The highest BCUT2D eigenvalue weighted by Gasteiger charge is 2.13. The summed E-state index contributed by atoms with van der Waals surface area (Å²) in [7, 11) is 0. The van der Waals surface area contributed by atoms with E-state index in [0.29, 0.717) is 27.0 Å². The number of pyridine rings is 1. The fourth-order valence-electron chi connectivity index (χ4n) is 2.20. The Hall–Kier alpha value is -3.09. The number of rotatable bonds is 4. The van der Waals surface area contributed by atoms with Gasteiger partial charge in [0.2, 0.25) is 5.91 Å². The van der Waals surface area contributed by atoms with Crippen molar-refractivity contribution < 1.29 is 14.7 Å². The lowest BCUT2D eigenvalue weighted by molar-refractivity contribution is 0.0697. The van der Waals surface area contributed by atoms with E-state index < -0.39 is 11.9 Å². The molecule has 8 heteroatoms. The fraction of sp³-hybridized carbons (Fsp3) is 0.0500. The number of anilines is 2. The number of carbonyl (C=O) groups is 2. The maximum Gasteiger partial charge on any atom is 0.337 e. The van der Waals surface area contributed by atoms with Gasteiger partial charge in [-0.1, -0.05) is 41.4 Å². The van der Waals surface area contributed by atoms with E-state index >= 15 is 0 Å². The molecule has 0 atom stereocenters. The Labute approximate surface area is 171 Å². The molecule has 1 amide bonds. The normalized spacial score (nSPS) is 9.82. The average Bonchev–Trinajstić information content (AvgIpc) is 2.69. The third kappa shape index (κ3) is 5.45. The highest BCUT2D eigenvalue weighted by atomic mass is 35.5. The summed E-state index contributed by atoms with van der Waals surface area (Å²) in [4.78, 5) is 25.3. The zero-order valence-corrected chi connectivity index (χ0v) is 16.3. The van der Waals surface area contributed by atoms with E-state index in [9.17, 15) is 9.59 Å². The van der Waals surface area contributed by atoms with E-state index in [1.165, 1.54) is 18.5 Å². The maximum absolute atomic E-state index is 11.1. The van der Waals surface area contributed by atoms with E-state index in [1.54, 1.807) is 42.5 Å². The van der Waals surface area contributed by atoms with Crippen LogP contribution in [0.3, 0.4) is 0 Å². The Morgan fingerprint density at radius 2 is 1.68 bits per heavy atom. The quantitative estimate of drug-likeness (QED) is 0.558. The van der Waals surface area contributed by atoms with Crippen molar-refractivity contribution in [3.63, 3.8) is 0 Å². The number of hydrogen-bond donors (Lipinski definition) is 3. The lowest BCUT2D eigenvalue weighted by atomic mass is 10.1. The average molecular weight is 418 g/mol. The number of nitrogens with two attached hydrogens (primary N) is 1. The summed E-state index contributed by atoms with van der Waals surface area (Å²) in [6.07, 6.45) is 3.06. The molecule has 6 nitrogen and oxygen atoms in total. The van der Waals surface area contributed by atoms with Crippen LogP contribution in [0, 0.1) is 6.92 Å². The van der Waals surface area contributed by atoms with Gasteiger partial charge in [-0.2, -0.15) is 0 Å².